The van der Waals surface area contributed by atoms with Crippen molar-refractivity contribution in [1.82, 2.24) is 15.5 Å². The molecule has 8 heteroatoms. The van der Waals surface area contributed by atoms with Crippen molar-refractivity contribution in [2.75, 3.05) is 23.7 Å². The van der Waals surface area contributed by atoms with Crippen LogP contribution in [0.2, 0.25) is 0 Å². The van der Waals surface area contributed by atoms with Crippen molar-refractivity contribution in [2.24, 2.45) is 0 Å². The summed E-state index contributed by atoms with van der Waals surface area (Å²) in [4.78, 5) is 14.3. The van der Waals surface area contributed by atoms with Gasteiger partial charge in [-0.3, -0.25) is 4.79 Å². The topological polar surface area (TPSA) is 58.1 Å². The van der Waals surface area contributed by atoms with E-state index in [1.807, 2.05) is 6.92 Å². The number of halogens is 1. The summed E-state index contributed by atoms with van der Waals surface area (Å²) in [5, 5.41) is 12.2. The Hall–Kier alpha value is -1.67. The van der Waals surface area contributed by atoms with E-state index < -0.39 is 0 Å². The monoisotopic (exact) mass is 366 g/mol. The fourth-order valence-electron chi connectivity index (χ4n) is 2.54. The molecule has 0 aliphatic carbocycles. The van der Waals surface area contributed by atoms with Gasteiger partial charge in [0.1, 0.15) is 5.82 Å². The van der Waals surface area contributed by atoms with Gasteiger partial charge in [0.15, 0.2) is 4.34 Å². The van der Waals surface area contributed by atoms with Crippen LogP contribution in [0.25, 0.3) is 0 Å². The fourth-order valence-corrected chi connectivity index (χ4v) is 4.25. The zero-order chi connectivity index (χ0) is 16.9. The van der Waals surface area contributed by atoms with Crippen LogP contribution >= 0.6 is 23.1 Å². The lowest BCUT2D eigenvalue weighted by atomic mass is 10.1. The molecule has 5 nitrogen and oxygen atoms in total. The molecule has 0 radical (unpaired) electrons. The number of carbonyl (C=O) groups is 1. The number of nitrogens with one attached hydrogen (secondary N) is 1. The average molecular weight is 366 g/mol. The quantitative estimate of drug-likeness (QED) is 0.796. The molecule has 0 bridgehead atoms. The standard InChI is InChI=1S/C16H19FN4OS2/c1-11(12-4-6-13(17)7-5-12)18-14(22)10-23-16-20-19-15(24-16)21-8-2-3-9-21/h4-7,11H,2-3,8-10H2,1H3,(H,18,22). The van der Waals surface area contributed by atoms with E-state index >= 15 is 0 Å². The maximum absolute atomic E-state index is 12.9. The summed E-state index contributed by atoms with van der Waals surface area (Å²) in [5.41, 5.74) is 0.877. The first-order chi connectivity index (χ1) is 11.6. The molecule has 128 valence electrons. The predicted molar refractivity (Wildman–Crippen MR) is 95.0 cm³/mol. The van der Waals surface area contributed by atoms with E-state index in [0.29, 0.717) is 5.75 Å². The maximum Gasteiger partial charge on any atom is 0.230 e. The lowest BCUT2D eigenvalue weighted by Crippen LogP contribution is -2.28. The van der Waals surface area contributed by atoms with Crippen molar-refractivity contribution in [2.45, 2.75) is 30.1 Å². The zero-order valence-electron chi connectivity index (χ0n) is 13.4. The Kier molecular flexibility index (Phi) is 5.68. The molecule has 2 heterocycles. The third-order valence-electron chi connectivity index (χ3n) is 3.85. The van der Waals surface area contributed by atoms with Crippen LogP contribution in [0.15, 0.2) is 28.6 Å². The van der Waals surface area contributed by atoms with E-state index in [0.717, 1.165) is 28.1 Å². The Balaban J connectivity index is 1.47. The van der Waals surface area contributed by atoms with Crippen LogP contribution in [-0.4, -0.2) is 34.9 Å². The van der Waals surface area contributed by atoms with Gasteiger partial charge in [-0.25, -0.2) is 4.39 Å². The molecule has 24 heavy (non-hydrogen) atoms. The molecular formula is C16H19FN4OS2. The number of anilines is 1. The highest BCUT2D eigenvalue weighted by atomic mass is 32.2. The van der Waals surface area contributed by atoms with E-state index in [2.05, 4.69) is 20.4 Å². The Morgan fingerprint density at radius 2 is 2.04 bits per heavy atom. The molecule has 1 atom stereocenters. The van der Waals surface area contributed by atoms with Gasteiger partial charge >= 0.3 is 0 Å². The Morgan fingerprint density at radius 1 is 1.33 bits per heavy atom. The Labute approximate surface area is 148 Å². The number of carbonyl (C=O) groups excluding carboxylic acids is 1. The Bertz CT molecular complexity index is 686. The van der Waals surface area contributed by atoms with Crippen LogP contribution in [0, 0.1) is 5.82 Å². The van der Waals surface area contributed by atoms with E-state index in [4.69, 9.17) is 0 Å². The van der Waals surface area contributed by atoms with Crippen molar-refractivity contribution >= 4 is 34.1 Å². The first kappa shape index (κ1) is 17.2. The van der Waals surface area contributed by atoms with Crippen molar-refractivity contribution in [1.29, 1.82) is 0 Å². The second kappa shape index (κ2) is 7.94. The highest BCUT2D eigenvalue weighted by Gasteiger charge is 2.17. The van der Waals surface area contributed by atoms with Gasteiger partial charge in [-0.2, -0.15) is 0 Å². The number of hydrogen-bond donors (Lipinski definition) is 1. The van der Waals surface area contributed by atoms with Crippen LogP contribution in [0.1, 0.15) is 31.4 Å². The van der Waals surface area contributed by atoms with Crippen LogP contribution in [0.3, 0.4) is 0 Å². The van der Waals surface area contributed by atoms with Crippen LogP contribution < -0.4 is 10.2 Å². The molecule has 0 saturated carbocycles. The number of thioether (sulfide) groups is 1. The minimum atomic E-state index is -0.280. The second-order valence-electron chi connectivity index (χ2n) is 5.67. The first-order valence-corrected chi connectivity index (χ1v) is 9.68. The van der Waals surface area contributed by atoms with Gasteiger partial charge in [0.05, 0.1) is 11.8 Å². The van der Waals surface area contributed by atoms with E-state index in [9.17, 15) is 9.18 Å². The number of amides is 1. The van der Waals surface area contributed by atoms with Crippen LogP contribution in [0.4, 0.5) is 9.52 Å². The number of benzene rings is 1. The smallest absolute Gasteiger partial charge is 0.230 e. The summed E-state index contributed by atoms with van der Waals surface area (Å²) >= 11 is 2.93. The summed E-state index contributed by atoms with van der Waals surface area (Å²) in [6.07, 6.45) is 2.40. The number of hydrogen-bond acceptors (Lipinski definition) is 6. The molecule has 2 aromatic rings. The molecule has 1 unspecified atom stereocenters. The molecule has 3 rings (SSSR count). The summed E-state index contributed by atoms with van der Waals surface area (Å²) in [7, 11) is 0. The van der Waals surface area contributed by atoms with Crippen molar-refractivity contribution in [3.8, 4) is 0 Å². The van der Waals surface area contributed by atoms with E-state index in [1.165, 1.54) is 48.1 Å². The lowest BCUT2D eigenvalue weighted by molar-refractivity contribution is -0.119. The molecule has 1 fully saturated rings. The molecule has 1 aromatic heterocycles. The zero-order valence-corrected chi connectivity index (χ0v) is 15.0. The molecular weight excluding hydrogens is 347 g/mol. The molecule has 1 N–H and O–H groups in total. The minimum Gasteiger partial charge on any atom is -0.349 e. The van der Waals surface area contributed by atoms with Crippen LogP contribution in [0.5, 0.6) is 0 Å². The minimum absolute atomic E-state index is 0.0743. The summed E-state index contributed by atoms with van der Waals surface area (Å²) in [6.45, 7) is 3.95. The van der Waals surface area contributed by atoms with Crippen molar-refractivity contribution in [3.05, 3.63) is 35.6 Å². The first-order valence-electron chi connectivity index (χ1n) is 7.88. The predicted octanol–water partition coefficient (Wildman–Crippen LogP) is 3.25. The van der Waals surface area contributed by atoms with Gasteiger partial charge < -0.3 is 10.2 Å². The number of rotatable bonds is 6. The maximum atomic E-state index is 12.9. The molecule has 0 spiro atoms. The van der Waals surface area contributed by atoms with Gasteiger partial charge in [0.25, 0.3) is 0 Å². The van der Waals surface area contributed by atoms with Gasteiger partial charge in [-0.1, -0.05) is 35.2 Å². The molecule has 1 amide bonds. The van der Waals surface area contributed by atoms with Crippen LogP contribution in [-0.2, 0) is 4.79 Å². The van der Waals surface area contributed by atoms with Gasteiger partial charge in [-0.05, 0) is 37.5 Å². The number of aromatic nitrogens is 2. The van der Waals surface area contributed by atoms with Crippen molar-refractivity contribution in [3.63, 3.8) is 0 Å². The summed E-state index contributed by atoms with van der Waals surface area (Å²) in [5.74, 6) is -0.0622. The second-order valence-corrected chi connectivity index (χ2v) is 7.85. The molecule has 1 aliphatic rings. The Morgan fingerprint density at radius 3 is 2.75 bits per heavy atom. The fraction of sp³-hybridized carbons (Fsp3) is 0.438. The van der Waals surface area contributed by atoms with Gasteiger partial charge in [0.2, 0.25) is 11.0 Å². The van der Waals surface area contributed by atoms with Gasteiger partial charge in [0, 0.05) is 13.1 Å². The third-order valence-corrected chi connectivity index (χ3v) is 5.96. The SMILES string of the molecule is CC(NC(=O)CSc1nnc(N2CCCC2)s1)c1ccc(F)cc1. The van der Waals surface area contributed by atoms with E-state index in [1.54, 1.807) is 12.1 Å². The molecule has 1 aromatic carbocycles. The highest BCUT2D eigenvalue weighted by Crippen LogP contribution is 2.29. The van der Waals surface area contributed by atoms with Crippen molar-refractivity contribution < 1.29 is 9.18 Å². The van der Waals surface area contributed by atoms with E-state index in [-0.39, 0.29) is 17.8 Å². The lowest BCUT2D eigenvalue weighted by Gasteiger charge is -2.13. The summed E-state index contributed by atoms with van der Waals surface area (Å²) in [6, 6.07) is 6.00. The summed E-state index contributed by atoms with van der Waals surface area (Å²) < 4.78 is 13.7. The molecule has 1 aliphatic heterocycles. The largest absolute Gasteiger partial charge is 0.349 e. The normalized spacial score (nSPS) is 15.5. The average Bonchev–Trinajstić information content (AvgIpc) is 3.25. The number of nitrogens with zero attached hydrogens (tertiary/aromatic N) is 3. The van der Waals surface area contributed by atoms with Gasteiger partial charge in [-0.15, -0.1) is 10.2 Å². The molecule has 1 saturated heterocycles. The third kappa shape index (κ3) is 4.45. The highest BCUT2D eigenvalue weighted by molar-refractivity contribution is 8.01.